The first kappa shape index (κ1) is 18.9. The van der Waals surface area contributed by atoms with E-state index < -0.39 is 7.29 Å². The zero-order chi connectivity index (χ0) is 19.2. The SMILES string of the molecule is O=P(NCC1C=C(c2ccccc2)CCC1)(c1ccccc1)c1ccccc1. The molecule has 1 aliphatic carbocycles. The lowest BCUT2D eigenvalue weighted by molar-refractivity contribution is 0.527. The normalized spacial score (nSPS) is 17.1. The molecule has 0 spiro atoms. The first-order valence-electron chi connectivity index (χ1n) is 9.98. The van der Waals surface area contributed by atoms with Crippen LogP contribution >= 0.6 is 7.29 Å². The quantitative estimate of drug-likeness (QED) is 0.575. The number of rotatable bonds is 6. The molecule has 0 bridgehead atoms. The maximum Gasteiger partial charge on any atom is 0.204 e. The average molecular weight is 387 g/mol. The van der Waals surface area contributed by atoms with Crippen LogP contribution in [0.2, 0.25) is 0 Å². The van der Waals surface area contributed by atoms with Crippen LogP contribution in [0.5, 0.6) is 0 Å². The molecule has 0 radical (unpaired) electrons. The summed E-state index contributed by atoms with van der Waals surface area (Å²) in [7, 11) is -2.86. The molecule has 0 amide bonds. The Morgan fingerprint density at radius 3 is 1.89 bits per heavy atom. The molecule has 142 valence electrons. The molecule has 3 aromatic rings. The van der Waals surface area contributed by atoms with Gasteiger partial charge in [0.2, 0.25) is 7.29 Å². The Balaban J connectivity index is 1.58. The topological polar surface area (TPSA) is 29.1 Å². The number of hydrogen-bond acceptors (Lipinski definition) is 1. The molecular weight excluding hydrogens is 361 g/mol. The van der Waals surface area contributed by atoms with Crippen molar-refractivity contribution in [3.8, 4) is 0 Å². The lowest BCUT2D eigenvalue weighted by Crippen LogP contribution is -2.31. The number of benzene rings is 3. The van der Waals surface area contributed by atoms with E-state index in [0.717, 1.165) is 30.0 Å². The van der Waals surface area contributed by atoms with E-state index in [1.54, 1.807) is 0 Å². The Bertz CT molecular complexity index is 924. The first-order valence-corrected chi connectivity index (χ1v) is 11.7. The molecule has 0 fully saturated rings. The third-order valence-corrected chi connectivity index (χ3v) is 8.10. The lowest BCUT2D eigenvalue weighted by Gasteiger charge is -2.26. The van der Waals surface area contributed by atoms with E-state index >= 15 is 0 Å². The highest BCUT2D eigenvalue weighted by molar-refractivity contribution is 7.76. The van der Waals surface area contributed by atoms with Crippen LogP contribution in [0.15, 0.2) is 97.1 Å². The van der Waals surface area contributed by atoms with Crippen molar-refractivity contribution in [1.29, 1.82) is 0 Å². The van der Waals surface area contributed by atoms with Crippen molar-refractivity contribution in [2.45, 2.75) is 19.3 Å². The van der Waals surface area contributed by atoms with Crippen LogP contribution in [0.25, 0.3) is 5.57 Å². The summed E-state index contributed by atoms with van der Waals surface area (Å²) in [6.07, 6.45) is 5.81. The summed E-state index contributed by atoms with van der Waals surface area (Å²) < 4.78 is 14.1. The molecule has 3 aromatic carbocycles. The third-order valence-electron chi connectivity index (χ3n) is 5.42. The molecule has 0 saturated carbocycles. The predicted molar refractivity (Wildman–Crippen MR) is 120 cm³/mol. The molecule has 0 aromatic heterocycles. The summed E-state index contributed by atoms with van der Waals surface area (Å²) in [5, 5.41) is 5.21. The summed E-state index contributed by atoms with van der Waals surface area (Å²) >= 11 is 0. The van der Waals surface area contributed by atoms with Crippen molar-refractivity contribution in [1.82, 2.24) is 5.09 Å². The van der Waals surface area contributed by atoms with Gasteiger partial charge in [0.1, 0.15) is 0 Å². The van der Waals surface area contributed by atoms with E-state index in [1.165, 1.54) is 17.6 Å². The highest BCUT2D eigenvalue weighted by atomic mass is 31.2. The van der Waals surface area contributed by atoms with Crippen LogP contribution in [-0.2, 0) is 4.57 Å². The Hall–Kier alpha value is -2.41. The molecular formula is C25H26NOP. The molecule has 2 nitrogen and oxygen atoms in total. The van der Waals surface area contributed by atoms with Gasteiger partial charge in [-0.15, -0.1) is 0 Å². The molecule has 4 rings (SSSR count). The molecule has 1 unspecified atom stereocenters. The molecule has 1 aliphatic rings. The van der Waals surface area contributed by atoms with Crippen LogP contribution in [0, 0.1) is 5.92 Å². The summed E-state index contributed by atoms with van der Waals surface area (Å²) in [5.41, 5.74) is 2.72. The highest BCUT2D eigenvalue weighted by Crippen LogP contribution is 2.39. The monoisotopic (exact) mass is 387 g/mol. The molecule has 1 N–H and O–H groups in total. The van der Waals surface area contributed by atoms with Gasteiger partial charge in [-0.1, -0.05) is 72.8 Å². The summed E-state index contributed by atoms with van der Waals surface area (Å²) in [5.74, 6) is 0.393. The maximum absolute atomic E-state index is 14.1. The van der Waals surface area contributed by atoms with Crippen molar-refractivity contribution in [2.24, 2.45) is 5.92 Å². The van der Waals surface area contributed by atoms with Gasteiger partial charge in [-0.25, -0.2) is 0 Å². The second-order valence-electron chi connectivity index (χ2n) is 7.35. The standard InChI is InChI=1S/C25H26NOP/c27-28(24-15-6-2-7-16-24,25-17-8-3-9-18-25)26-20-21-11-10-14-23(19-21)22-12-4-1-5-13-22/h1-9,12-13,15-19,21H,10-11,14,20H2,(H,26,27). The minimum atomic E-state index is -2.86. The van der Waals surface area contributed by atoms with Crippen LogP contribution < -0.4 is 15.7 Å². The maximum atomic E-state index is 14.1. The van der Waals surface area contributed by atoms with Crippen molar-refractivity contribution in [3.05, 3.63) is 103 Å². The van der Waals surface area contributed by atoms with Gasteiger partial charge in [0, 0.05) is 17.2 Å². The summed E-state index contributed by atoms with van der Waals surface area (Å²) in [4.78, 5) is 0. The van der Waals surface area contributed by atoms with Gasteiger partial charge in [-0.3, -0.25) is 9.65 Å². The zero-order valence-corrected chi connectivity index (χ0v) is 16.9. The van der Waals surface area contributed by atoms with Gasteiger partial charge in [-0.05, 0) is 60.6 Å². The predicted octanol–water partition coefficient (Wildman–Crippen LogP) is 5.39. The zero-order valence-electron chi connectivity index (χ0n) is 16.0. The molecule has 28 heavy (non-hydrogen) atoms. The van der Waals surface area contributed by atoms with Gasteiger partial charge in [0.25, 0.3) is 0 Å². The fourth-order valence-corrected chi connectivity index (χ4v) is 6.25. The highest BCUT2D eigenvalue weighted by Gasteiger charge is 2.28. The smallest absolute Gasteiger partial charge is 0.204 e. The molecule has 0 aliphatic heterocycles. The Morgan fingerprint density at radius 2 is 1.32 bits per heavy atom. The summed E-state index contributed by atoms with van der Waals surface area (Å²) in [6, 6.07) is 30.2. The van der Waals surface area contributed by atoms with E-state index in [2.05, 4.69) is 41.5 Å². The second kappa shape index (κ2) is 8.73. The van der Waals surface area contributed by atoms with Gasteiger partial charge in [-0.2, -0.15) is 0 Å². The third kappa shape index (κ3) is 4.19. The number of allylic oxidation sites excluding steroid dienone is 1. The minimum Gasteiger partial charge on any atom is -0.297 e. The minimum absolute atomic E-state index is 0.393. The van der Waals surface area contributed by atoms with Crippen LogP contribution in [0.3, 0.4) is 0 Å². The van der Waals surface area contributed by atoms with E-state index in [-0.39, 0.29) is 0 Å². The fraction of sp³-hybridized carbons (Fsp3) is 0.200. The van der Waals surface area contributed by atoms with Crippen molar-refractivity contribution in [2.75, 3.05) is 6.54 Å². The van der Waals surface area contributed by atoms with Gasteiger partial charge >= 0.3 is 0 Å². The second-order valence-corrected chi connectivity index (χ2v) is 9.92. The van der Waals surface area contributed by atoms with Gasteiger partial charge in [0.15, 0.2) is 0 Å². The van der Waals surface area contributed by atoms with Crippen molar-refractivity contribution >= 4 is 23.5 Å². The summed E-state index contributed by atoms with van der Waals surface area (Å²) in [6.45, 7) is 0.720. The van der Waals surface area contributed by atoms with E-state index in [4.69, 9.17) is 0 Å². The molecule has 0 saturated heterocycles. The van der Waals surface area contributed by atoms with E-state index in [1.807, 2.05) is 60.7 Å². The van der Waals surface area contributed by atoms with Crippen molar-refractivity contribution in [3.63, 3.8) is 0 Å². The van der Waals surface area contributed by atoms with Crippen LogP contribution in [0.4, 0.5) is 0 Å². The van der Waals surface area contributed by atoms with Gasteiger partial charge < -0.3 is 0 Å². The molecule has 1 atom stereocenters. The number of nitrogens with one attached hydrogen (secondary N) is 1. The Morgan fingerprint density at radius 1 is 0.786 bits per heavy atom. The van der Waals surface area contributed by atoms with E-state index in [9.17, 15) is 4.57 Å². The average Bonchev–Trinajstić information content (AvgIpc) is 2.79. The molecule has 3 heteroatoms. The Kier molecular flexibility index (Phi) is 5.90. The largest absolute Gasteiger partial charge is 0.297 e. The van der Waals surface area contributed by atoms with Crippen molar-refractivity contribution < 1.29 is 4.57 Å². The molecule has 0 heterocycles. The first-order chi connectivity index (χ1) is 13.8. The Labute approximate surface area is 167 Å². The van der Waals surface area contributed by atoms with Crippen LogP contribution in [0.1, 0.15) is 24.8 Å². The van der Waals surface area contributed by atoms with Crippen LogP contribution in [-0.4, -0.2) is 6.54 Å². The van der Waals surface area contributed by atoms with Gasteiger partial charge in [0.05, 0.1) is 0 Å². The number of hydrogen-bond donors (Lipinski definition) is 1. The lowest BCUT2D eigenvalue weighted by atomic mass is 9.87. The van der Waals surface area contributed by atoms with E-state index in [0.29, 0.717) is 5.92 Å². The fourth-order valence-electron chi connectivity index (χ4n) is 3.91.